The first-order valence-corrected chi connectivity index (χ1v) is 6.00. The van der Waals surface area contributed by atoms with E-state index in [1.807, 2.05) is 0 Å². The molecule has 1 heteroatoms. The topological polar surface area (TPSA) is 26.0 Å². The van der Waals surface area contributed by atoms with Crippen LogP contribution in [-0.2, 0) is 0 Å². The summed E-state index contributed by atoms with van der Waals surface area (Å²) in [6.07, 6.45) is 2.22. The fourth-order valence-electron chi connectivity index (χ4n) is 3.48. The van der Waals surface area contributed by atoms with E-state index in [1.54, 1.807) is 16.7 Å². The molecular weight excluding hydrogens is 182 g/mol. The van der Waals surface area contributed by atoms with Crippen molar-refractivity contribution >= 4 is 0 Å². The molecule has 0 saturated heterocycles. The lowest BCUT2D eigenvalue weighted by molar-refractivity contribution is 0.488. The van der Waals surface area contributed by atoms with Gasteiger partial charge in [0, 0.05) is 17.5 Å². The van der Waals surface area contributed by atoms with E-state index >= 15 is 0 Å². The van der Waals surface area contributed by atoms with Gasteiger partial charge < -0.3 is 5.73 Å². The second-order valence-corrected chi connectivity index (χ2v) is 5.74. The lowest BCUT2D eigenvalue weighted by Crippen LogP contribution is -2.15. The Morgan fingerprint density at radius 3 is 2.00 bits per heavy atom. The maximum Gasteiger partial charge on any atom is 0.0359 e. The van der Waals surface area contributed by atoms with Gasteiger partial charge in [0.15, 0.2) is 0 Å². The summed E-state index contributed by atoms with van der Waals surface area (Å²) in [6.45, 7) is 9.22. The average molecular weight is 201 g/mol. The van der Waals surface area contributed by atoms with Crippen molar-refractivity contribution in [3.63, 3.8) is 0 Å². The van der Waals surface area contributed by atoms with Gasteiger partial charge in [0.2, 0.25) is 0 Å². The Hall–Kier alpha value is -0.980. The smallest absolute Gasteiger partial charge is 0.0359 e. The summed E-state index contributed by atoms with van der Waals surface area (Å²) in [6, 6.07) is 0. The Kier molecular flexibility index (Phi) is 1.59. The summed E-state index contributed by atoms with van der Waals surface area (Å²) in [5.41, 5.74) is 13.4. The van der Waals surface area contributed by atoms with Crippen LogP contribution in [0.3, 0.4) is 0 Å². The Morgan fingerprint density at radius 2 is 1.53 bits per heavy atom. The van der Waals surface area contributed by atoms with E-state index in [0.29, 0.717) is 11.8 Å². The highest BCUT2D eigenvalue weighted by atomic mass is 14.7. The first kappa shape index (κ1) is 9.26. The normalized spacial score (nSPS) is 32.0. The molecule has 0 fully saturated rings. The molecule has 80 valence electrons. The number of hydrogen-bond acceptors (Lipinski definition) is 1. The Labute approximate surface area is 91.7 Å². The highest BCUT2D eigenvalue weighted by molar-refractivity contribution is 5.78. The van der Waals surface area contributed by atoms with E-state index in [2.05, 4.69) is 33.8 Å². The largest absolute Gasteiger partial charge is 0.398 e. The third-order valence-electron chi connectivity index (χ3n) is 4.03. The predicted molar refractivity (Wildman–Crippen MR) is 63.0 cm³/mol. The molecule has 2 atom stereocenters. The maximum atomic E-state index is 6.10. The molecule has 0 spiro atoms. The molecule has 3 aliphatic rings. The molecule has 0 aliphatic heterocycles. The number of hydrogen-bond donors (Lipinski definition) is 1. The SMILES string of the molecule is CC(C)C1C2=CC(N)=C1C1=C2C1C(C)C. The summed E-state index contributed by atoms with van der Waals surface area (Å²) in [5.74, 6) is 2.80. The molecule has 0 saturated carbocycles. The van der Waals surface area contributed by atoms with Gasteiger partial charge in [-0.1, -0.05) is 27.7 Å². The van der Waals surface area contributed by atoms with Gasteiger partial charge in [-0.25, -0.2) is 0 Å². The fraction of sp³-hybridized carbons (Fsp3) is 0.571. The fourth-order valence-corrected chi connectivity index (χ4v) is 3.48. The van der Waals surface area contributed by atoms with Crippen molar-refractivity contribution < 1.29 is 0 Å². The average Bonchev–Trinajstić information content (AvgIpc) is 2.68. The molecule has 0 radical (unpaired) electrons. The van der Waals surface area contributed by atoms with Crippen molar-refractivity contribution in [2.24, 2.45) is 29.4 Å². The van der Waals surface area contributed by atoms with E-state index < -0.39 is 0 Å². The van der Waals surface area contributed by atoms with E-state index in [4.69, 9.17) is 5.73 Å². The zero-order chi connectivity index (χ0) is 10.9. The van der Waals surface area contributed by atoms with Crippen LogP contribution in [0.4, 0.5) is 0 Å². The van der Waals surface area contributed by atoms with E-state index in [9.17, 15) is 0 Å². The van der Waals surface area contributed by atoms with Crippen molar-refractivity contribution in [3.05, 3.63) is 34.1 Å². The van der Waals surface area contributed by atoms with Crippen molar-refractivity contribution in [1.29, 1.82) is 0 Å². The molecule has 0 heterocycles. The quantitative estimate of drug-likeness (QED) is 0.730. The molecular formula is C14H19N. The molecule has 15 heavy (non-hydrogen) atoms. The molecule has 1 nitrogen and oxygen atoms in total. The van der Waals surface area contributed by atoms with Crippen molar-refractivity contribution in [2.45, 2.75) is 27.7 Å². The van der Waals surface area contributed by atoms with Gasteiger partial charge >= 0.3 is 0 Å². The van der Waals surface area contributed by atoms with E-state index in [0.717, 1.165) is 17.5 Å². The third-order valence-corrected chi connectivity index (χ3v) is 4.03. The van der Waals surface area contributed by atoms with Gasteiger partial charge in [-0.3, -0.25) is 0 Å². The summed E-state index contributed by atoms with van der Waals surface area (Å²) >= 11 is 0. The van der Waals surface area contributed by atoms with Crippen LogP contribution in [0.2, 0.25) is 0 Å². The molecule has 2 unspecified atom stereocenters. The van der Waals surface area contributed by atoms with Crippen LogP contribution in [0.1, 0.15) is 27.7 Å². The van der Waals surface area contributed by atoms with Crippen LogP contribution < -0.4 is 5.73 Å². The van der Waals surface area contributed by atoms with Gasteiger partial charge in [0.05, 0.1) is 0 Å². The van der Waals surface area contributed by atoms with Crippen LogP contribution in [0.25, 0.3) is 0 Å². The van der Waals surface area contributed by atoms with Crippen molar-refractivity contribution in [2.75, 3.05) is 0 Å². The minimum Gasteiger partial charge on any atom is -0.398 e. The predicted octanol–water partition coefficient (Wildman–Crippen LogP) is 3.01. The Balaban J connectivity index is 1.98. The Morgan fingerprint density at radius 1 is 0.933 bits per heavy atom. The molecule has 3 rings (SSSR count). The van der Waals surface area contributed by atoms with Gasteiger partial charge in [-0.05, 0) is 40.2 Å². The maximum absolute atomic E-state index is 6.10. The molecule has 2 bridgehead atoms. The number of allylic oxidation sites excluding steroid dienone is 5. The van der Waals surface area contributed by atoms with Gasteiger partial charge in [0.25, 0.3) is 0 Å². The third kappa shape index (κ3) is 0.940. The van der Waals surface area contributed by atoms with Crippen LogP contribution in [0.15, 0.2) is 34.1 Å². The second-order valence-electron chi connectivity index (χ2n) is 5.74. The molecule has 0 aromatic rings. The minimum atomic E-state index is 0.630. The zero-order valence-electron chi connectivity index (χ0n) is 9.96. The summed E-state index contributed by atoms with van der Waals surface area (Å²) in [5, 5.41) is 0. The van der Waals surface area contributed by atoms with Crippen LogP contribution in [0.5, 0.6) is 0 Å². The lowest BCUT2D eigenvalue weighted by atomic mass is 9.80. The van der Waals surface area contributed by atoms with Crippen LogP contribution in [-0.4, -0.2) is 0 Å². The monoisotopic (exact) mass is 201 g/mol. The molecule has 2 N–H and O–H groups in total. The summed E-state index contributed by atoms with van der Waals surface area (Å²) in [4.78, 5) is 0. The standard InChI is InChI=1S/C14H19N/c1-6(2)10-8-5-9(15)13(10)14-11(7(3)4)12(8)14/h5-7,10-11H,15H2,1-4H3. The van der Waals surface area contributed by atoms with E-state index in [-0.39, 0.29) is 0 Å². The molecule has 3 aliphatic carbocycles. The molecule has 0 amide bonds. The number of nitrogens with two attached hydrogens (primary N) is 1. The lowest BCUT2D eigenvalue weighted by Gasteiger charge is -2.23. The minimum absolute atomic E-state index is 0.630. The summed E-state index contributed by atoms with van der Waals surface area (Å²) in [7, 11) is 0. The molecule has 0 aromatic heterocycles. The molecule has 0 aromatic carbocycles. The zero-order valence-corrected chi connectivity index (χ0v) is 9.96. The highest BCUT2D eigenvalue weighted by Gasteiger charge is 2.55. The van der Waals surface area contributed by atoms with Crippen molar-refractivity contribution in [3.8, 4) is 0 Å². The van der Waals surface area contributed by atoms with Crippen LogP contribution in [0, 0.1) is 23.7 Å². The number of rotatable bonds is 2. The first-order chi connectivity index (χ1) is 7.04. The summed E-state index contributed by atoms with van der Waals surface area (Å²) < 4.78 is 0. The van der Waals surface area contributed by atoms with E-state index in [1.165, 1.54) is 5.57 Å². The van der Waals surface area contributed by atoms with Gasteiger partial charge in [-0.2, -0.15) is 0 Å². The van der Waals surface area contributed by atoms with Gasteiger partial charge in [-0.15, -0.1) is 0 Å². The van der Waals surface area contributed by atoms with Gasteiger partial charge in [0.1, 0.15) is 0 Å². The Bertz CT molecular complexity index is 430. The first-order valence-electron chi connectivity index (χ1n) is 6.00. The second kappa shape index (κ2) is 2.58. The number of fused-ring (bicyclic) bond motifs is 4. The highest BCUT2D eigenvalue weighted by Crippen LogP contribution is 2.66. The van der Waals surface area contributed by atoms with Crippen LogP contribution >= 0.6 is 0 Å². The van der Waals surface area contributed by atoms with Crippen molar-refractivity contribution in [1.82, 2.24) is 0 Å².